The first-order chi connectivity index (χ1) is 20.4. The van der Waals surface area contributed by atoms with E-state index >= 15 is 0 Å². The molecule has 9 nitrogen and oxygen atoms in total. The number of ether oxygens (including phenoxy) is 3. The molecule has 6 fully saturated rings. The van der Waals surface area contributed by atoms with Crippen LogP contribution in [0, 0.1) is 44.8 Å². The van der Waals surface area contributed by atoms with Crippen LogP contribution in [0.25, 0.3) is 0 Å². The summed E-state index contributed by atoms with van der Waals surface area (Å²) >= 11 is 0. The molecule has 14 atom stereocenters. The quantitative estimate of drug-likeness (QED) is 0.261. The summed E-state index contributed by atoms with van der Waals surface area (Å²) in [5.41, 5.74) is -0.761. The van der Waals surface area contributed by atoms with Gasteiger partial charge < -0.3 is 34.6 Å². The van der Waals surface area contributed by atoms with Crippen LogP contribution in [-0.2, 0) is 23.8 Å². The molecular weight excluding hydrogens is 564 g/mol. The molecule has 246 valence electrons. The molecule has 0 unspecified atom stereocenters. The van der Waals surface area contributed by atoms with Crippen molar-refractivity contribution in [3.8, 4) is 0 Å². The third-order valence-electron chi connectivity index (χ3n) is 14.4. The van der Waals surface area contributed by atoms with E-state index < -0.39 is 47.8 Å². The summed E-state index contributed by atoms with van der Waals surface area (Å²) in [5, 5.41) is 42.9. The van der Waals surface area contributed by atoms with Crippen molar-refractivity contribution in [1.82, 2.24) is 0 Å². The van der Waals surface area contributed by atoms with E-state index in [1.807, 2.05) is 20.8 Å². The van der Waals surface area contributed by atoms with Gasteiger partial charge in [0.2, 0.25) is 0 Å². The molecule has 0 aromatic carbocycles. The number of aliphatic hydroxyl groups excluding tert-OH is 4. The van der Waals surface area contributed by atoms with Gasteiger partial charge in [0.1, 0.15) is 30.2 Å². The lowest BCUT2D eigenvalue weighted by Crippen LogP contribution is -2.59. The highest BCUT2D eigenvalue weighted by molar-refractivity contribution is 5.90. The standard InChI is InChI=1S/C35H52O9/c1-17(12-18(36)28-31(4,5)44-28)25-19(37)13-32(6)22-9-8-21-30(2,3)24(43-29-27(41)26(40)20(38)15-42-29)10-11-34(21)16-35(22,34)23(39)14-33(25,32)7/h9,17,20-21,23-29,38-41H,8,10-16H2,1-7H3/t17-,20-,21-,23+,24+,25+,26+,27-,28+,29+,32+,33-,34-,35+/m1/s1. The third kappa shape index (κ3) is 3.84. The summed E-state index contributed by atoms with van der Waals surface area (Å²) < 4.78 is 17.6. The zero-order valence-electron chi connectivity index (χ0n) is 27.3. The molecule has 4 N–H and O–H groups in total. The molecule has 7 rings (SSSR count). The Morgan fingerprint density at radius 2 is 1.77 bits per heavy atom. The van der Waals surface area contributed by atoms with E-state index in [4.69, 9.17) is 14.2 Å². The van der Waals surface area contributed by atoms with Crippen molar-refractivity contribution < 1.29 is 44.2 Å². The molecule has 0 amide bonds. The maximum absolute atomic E-state index is 13.9. The second-order valence-electron chi connectivity index (χ2n) is 17.3. The first kappa shape index (κ1) is 31.4. The van der Waals surface area contributed by atoms with Gasteiger partial charge in [-0.2, -0.15) is 0 Å². The average Bonchev–Trinajstić information content (AvgIpc) is 3.78. The molecule has 44 heavy (non-hydrogen) atoms. The van der Waals surface area contributed by atoms with Gasteiger partial charge in [-0.3, -0.25) is 9.59 Å². The molecule has 4 saturated carbocycles. The highest BCUT2D eigenvalue weighted by atomic mass is 16.7. The van der Waals surface area contributed by atoms with Crippen LogP contribution < -0.4 is 0 Å². The Balaban J connectivity index is 1.15. The van der Waals surface area contributed by atoms with Gasteiger partial charge in [0.15, 0.2) is 12.1 Å². The number of ketones is 2. The molecule has 2 spiro atoms. The molecule has 0 aromatic rings. The second kappa shape index (κ2) is 9.45. The Morgan fingerprint density at radius 3 is 2.43 bits per heavy atom. The molecule has 0 bridgehead atoms. The van der Waals surface area contributed by atoms with Gasteiger partial charge in [-0.05, 0) is 74.0 Å². The minimum atomic E-state index is -1.33. The maximum Gasteiger partial charge on any atom is 0.186 e. The number of fused-ring (bicyclic) bond motifs is 2. The Labute approximate surface area is 260 Å². The van der Waals surface area contributed by atoms with Crippen LogP contribution in [0.3, 0.4) is 0 Å². The van der Waals surface area contributed by atoms with Gasteiger partial charge in [0.25, 0.3) is 0 Å². The summed E-state index contributed by atoms with van der Waals surface area (Å²) in [6.07, 6.45) is 0.934. The van der Waals surface area contributed by atoms with Crippen LogP contribution in [0.2, 0.25) is 0 Å². The van der Waals surface area contributed by atoms with E-state index in [9.17, 15) is 30.0 Å². The number of Topliss-reactive ketones (excluding diaryl/α,β-unsaturated/α-hetero) is 2. The molecule has 2 saturated heterocycles. The van der Waals surface area contributed by atoms with Crippen molar-refractivity contribution in [1.29, 1.82) is 0 Å². The van der Waals surface area contributed by atoms with Crippen molar-refractivity contribution in [2.45, 2.75) is 142 Å². The van der Waals surface area contributed by atoms with E-state index in [2.05, 4.69) is 33.8 Å². The van der Waals surface area contributed by atoms with Gasteiger partial charge in [0, 0.05) is 29.6 Å². The van der Waals surface area contributed by atoms with E-state index in [-0.39, 0.29) is 63.7 Å². The zero-order valence-corrected chi connectivity index (χ0v) is 27.3. The molecule has 0 radical (unpaired) electrons. The van der Waals surface area contributed by atoms with Gasteiger partial charge in [-0.1, -0.05) is 46.3 Å². The molecule has 5 aliphatic carbocycles. The summed E-state index contributed by atoms with van der Waals surface area (Å²) in [4.78, 5) is 27.0. The van der Waals surface area contributed by atoms with Crippen LogP contribution in [0.15, 0.2) is 11.6 Å². The number of rotatable bonds is 6. The van der Waals surface area contributed by atoms with Crippen LogP contribution in [-0.4, -0.2) is 87.1 Å². The monoisotopic (exact) mass is 616 g/mol. The number of epoxide rings is 1. The van der Waals surface area contributed by atoms with Crippen molar-refractivity contribution in [3.05, 3.63) is 11.6 Å². The first-order valence-electron chi connectivity index (χ1n) is 16.8. The Kier molecular flexibility index (Phi) is 6.75. The smallest absolute Gasteiger partial charge is 0.186 e. The summed E-state index contributed by atoms with van der Waals surface area (Å²) in [6.45, 7) is 14.6. The fourth-order valence-corrected chi connectivity index (χ4v) is 11.9. The van der Waals surface area contributed by atoms with Gasteiger partial charge in [0.05, 0.1) is 24.4 Å². The fourth-order valence-electron chi connectivity index (χ4n) is 11.9. The highest BCUT2D eigenvalue weighted by Gasteiger charge is 2.84. The topological polar surface area (TPSA) is 146 Å². The molecular formula is C35H52O9. The molecule has 0 aromatic heterocycles. The number of allylic oxidation sites excluding steroid dienone is 1. The number of hydrogen-bond acceptors (Lipinski definition) is 9. The largest absolute Gasteiger partial charge is 0.392 e. The van der Waals surface area contributed by atoms with E-state index in [0.717, 1.165) is 25.7 Å². The maximum atomic E-state index is 13.9. The number of aliphatic hydroxyl groups is 4. The van der Waals surface area contributed by atoms with E-state index in [1.54, 1.807) is 0 Å². The van der Waals surface area contributed by atoms with Crippen molar-refractivity contribution >= 4 is 11.6 Å². The minimum Gasteiger partial charge on any atom is -0.392 e. The first-order valence-corrected chi connectivity index (χ1v) is 16.8. The second-order valence-corrected chi connectivity index (χ2v) is 17.3. The Bertz CT molecular complexity index is 1290. The lowest BCUT2D eigenvalue weighted by molar-refractivity contribution is -0.301. The van der Waals surface area contributed by atoms with Crippen molar-refractivity contribution in [2.75, 3.05) is 6.61 Å². The minimum absolute atomic E-state index is 0.0687. The van der Waals surface area contributed by atoms with Crippen molar-refractivity contribution in [3.63, 3.8) is 0 Å². The van der Waals surface area contributed by atoms with Gasteiger partial charge in [-0.25, -0.2) is 0 Å². The van der Waals surface area contributed by atoms with Crippen LogP contribution in [0.5, 0.6) is 0 Å². The molecule has 7 aliphatic rings. The van der Waals surface area contributed by atoms with Crippen LogP contribution in [0.4, 0.5) is 0 Å². The molecule has 2 heterocycles. The van der Waals surface area contributed by atoms with Crippen LogP contribution >= 0.6 is 0 Å². The predicted octanol–water partition coefficient (Wildman–Crippen LogP) is 3.09. The Hall–Kier alpha value is -1.20. The lowest BCUT2D eigenvalue weighted by atomic mass is 9.44. The summed E-state index contributed by atoms with van der Waals surface area (Å²) in [5.74, 6) is 0.0812. The number of hydrogen-bond donors (Lipinski definition) is 4. The van der Waals surface area contributed by atoms with Crippen molar-refractivity contribution in [2.24, 2.45) is 44.8 Å². The normalized spacial score (nSPS) is 53.8. The average molecular weight is 617 g/mol. The third-order valence-corrected chi connectivity index (χ3v) is 14.4. The SMILES string of the molecule is C[C@H](CC(=O)[C@@H]1OC1(C)C)[C@H]1C(=O)C[C@@]2(C)C3=CC[C@@H]4C(C)(C)[C@@H](O[C@@H]5OC[C@@H](O)[C@H](O)[C@H]5O)CC[C@@]45C[C@@]35[C@@H](O)C[C@]12C. The number of carbonyl (C=O) groups excluding carboxylic acids is 2. The summed E-state index contributed by atoms with van der Waals surface area (Å²) in [6, 6.07) is 0. The predicted molar refractivity (Wildman–Crippen MR) is 159 cm³/mol. The fraction of sp³-hybridized carbons (Fsp3) is 0.886. The van der Waals surface area contributed by atoms with Gasteiger partial charge >= 0.3 is 0 Å². The van der Waals surface area contributed by atoms with E-state index in [0.29, 0.717) is 19.3 Å². The summed E-state index contributed by atoms with van der Waals surface area (Å²) in [7, 11) is 0. The number of carbonyl (C=O) groups is 2. The Morgan fingerprint density at radius 1 is 1.09 bits per heavy atom. The highest BCUT2D eigenvalue weighted by Crippen LogP contribution is 2.87. The van der Waals surface area contributed by atoms with Gasteiger partial charge in [-0.15, -0.1) is 0 Å². The lowest BCUT2D eigenvalue weighted by Gasteiger charge is -2.61. The van der Waals surface area contributed by atoms with Crippen LogP contribution in [0.1, 0.15) is 93.4 Å². The van der Waals surface area contributed by atoms with E-state index in [1.165, 1.54) is 5.57 Å². The molecule has 2 aliphatic heterocycles. The zero-order chi connectivity index (χ0) is 32.0. The molecule has 9 heteroatoms.